The number of carboxylic acids is 2. The molecule has 2 fully saturated rings. The van der Waals surface area contributed by atoms with Gasteiger partial charge in [-0.2, -0.15) is 26.3 Å². The molecule has 4 rings (SSSR count). The van der Waals surface area contributed by atoms with Crippen LogP contribution in [0, 0.1) is 5.82 Å². The van der Waals surface area contributed by atoms with Gasteiger partial charge in [0.2, 0.25) is 0 Å². The Hall–Kier alpha value is -3.35. The molecule has 38 heavy (non-hydrogen) atoms. The molecule has 1 saturated heterocycles. The normalized spacial score (nSPS) is 16.9. The number of nitrogens with zero attached hydrogens (tertiary/aromatic N) is 1. The lowest BCUT2D eigenvalue weighted by atomic mass is 9.98. The van der Waals surface area contributed by atoms with Gasteiger partial charge in [-0.25, -0.2) is 14.0 Å². The topological polar surface area (TPSA) is 87.1 Å². The van der Waals surface area contributed by atoms with Crippen LogP contribution in [-0.2, 0) is 17.5 Å². The number of carbonyl (C=O) groups is 2. The summed E-state index contributed by atoms with van der Waals surface area (Å²) < 4.78 is 91.2. The number of halogens is 7. The highest BCUT2D eigenvalue weighted by molar-refractivity contribution is 5.88. The van der Waals surface area contributed by atoms with Gasteiger partial charge in [0, 0.05) is 19.6 Å². The molecule has 13 heteroatoms. The predicted molar refractivity (Wildman–Crippen MR) is 119 cm³/mol. The van der Waals surface area contributed by atoms with Crippen molar-refractivity contribution in [1.82, 2.24) is 4.90 Å². The molecule has 2 aromatic rings. The molecular weight excluding hydrogens is 527 g/mol. The Morgan fingerprint density at radius 3 is 2.03 bits per heavy atom. The number of ether oxygens (including phenoxy) is 1. The summed E-state index contributed by atoms with van der Waals surface area (Å²) in [5.41, 5.74) is 0.588. The fourth-order valence-corrected chi connectivity index (χ4v) is 4.12. The molecule has 1 aliphatic heterocycles. The Morgan fingerprint density at radius 1 is 0.947 bits per heavy atom. The molecule has 0 amide bonds. The molecule has 0 radical (unpaired) electrons. The van der Waals surface area contributed by atoms with Crippen molar-refractivity contribution in [1.29, 1.82) is 0 Å². The second-order valence-electron chi connectivity index (χ2n) is 9.00. The molecule has 0 aromatic heterocycles. The molecule has 0 bridgehead atoms. The van der Waals surface area contributed by atoms with Gasteiger partial charge in [0.15, 0.2) is 0 Å². The Balaban J connectivity index is 0.000000505. The third-order valence-electron chi connectivity index (χ3n) is 6.13. The number of carboxylic acid groups (broad SMARTS) is 2. The zero-order valence-electron chi connectivity index (χ0n) is 19.8. The number of hydrogen-bond donors (Lipinski definition) is 2. The van der Waals surface area contributed by atoms with E-state index in [0.29, 0.717) is 32.5 Å². The van der Waals surface area contributed by atoms with E-state index in [2.05, 4.69) is 4.90 Å². The highest BCUT2D eigenvalue weighted by Gasteiger charge is 2.38. The van der Waals surface area contributed by atoms with Crippen LogP contribution >= 0.6 is 0 Å². The van der Waals surface area contributed by atoms with E-state index in [1.165, 1.54) is 30.3 Å². The lowest BCUT2D eigenvalue weighted by molar-refractivity contribution is -0.192. The van der Waals surface area contributed by atoms with Crippen molar-refractivity contribution in [2.45, 2.75) is 56.6 Å². The van der Waals surface area contributed by atoms with Crippen molar-refractivity contribution in [2.24, 2.45) is 0 Å². The van der Waals surface area contributed by atoms with Gasteiger partial charge in [-0.15, -0.1) is 0 Å². The smallest absolute Gasteiger partial charge is 0.490 e. The summed E-state index contributed by atoms with van der Waals surface area (Å²) in [5, 5.41) is 16.3. The molecule has 1 aliphatic carbocycles. The minimum Gasteiger partial charge on any atom is -0.490 e. The minimum absolute atomic E-state index is 0.157. The van der Waals surface area contributed by atoms with Gasteiger partial charge in [0.1, 0.15) is 17.7 Å². The van der Waals surface area contributed by atoms with Crippen molar-refractivity contribution in [3.63, 3.8) is 0 Å². The fourth-order valence-electron chi connectivity index (χ4n) is 4.12. The second-order valence-corrected chi connectivity index (χ2v) is 9.00. The first-order valence-electron chi connectivity index (χ1n) is 11.6. The van der Waals surface area contributed by atoms with Crippen LogP contribution in [0.3, 0.4) is 0 Å². The number of benzene rings is 2. The quantitative estimate of drug-likeness (QED) is 0.423. The number of alkyl halides is 6. The van der Waals surface area contributed by atoms with Gasteiger partial charge in [-0.3, -0.25) is 4.90 Å². The van der Waals surface area contributed by atoms with Gasteiger partial charge in [0.05, 0.1) is 11.1 Å². The number of likely N-dealkylation sites (tertiary alicyclic amines) is 1. The maximum atomic E-state index is 14.2. The summed E-state index contributed by atoms with van der Waals surface area (Å²) in [7, 11) is 0. The number of aliphatic carboxylic acids is 1. The number of para-hydroxylation sites is 1. The Labute approximate surface area is 212 Å². The molecule has 208 valence electrons. The van der Waals surface area contributed by atoms with E-state index in [4.69, 9.17) is 14.6 Å². The Bertz CT molecular complexity index is 1150. The highest BCUT2D eigenvalue weighted by Crippen LogP contribution is 2.43. The van der Waals surface area contributed by atoms with E-state index < -0.39 is 35.7 Å². The monoisotopic (exact) mass is 551 g/mol. The van der Waals surface area contributed by atoms with Crippen LogP contribution in [0.25, 0.3) is 0 Å². The van der Waals surface area contributed by atoms with Crippen LogP contribution in [0.4, 0.5) is 30.7 Å². The summed E-state index contributed by atoms with van der Waals surface area (Å²) >= 11 is 0. The molecule has 2 N–H and O–H groups in total. The maximum absolute atomic E-state index is 14.2. The van der Waals surface area contributed by atoms with Crippen LogP contribution < -0.4 is 4.74 Å². The number of aromatic carboxylic acids is 1. The molecule has 2 aliphatic rings. The summed E-state index contributed by atoms with van der Waals surface area (Å²) in [6, 6.07) is 7.98. The molecule has 6 nitrogen and oxygen atoms in total. The number of hydrogen-bond acceptors (Lipinski definition) is 4. The summed E-state index contributed by atoms with van der Waals surface area (Å²) in [5.74, 6) is -4.66. The second kappa shape index (κ2) is 11.6. The van der Waals surface area contributed by atoms with E-state index in [1.54, 1.807) is 0 Å². The minimum atomic E-state index is -5.08. The van der Waals surface area contributed by atoms with E-state index in [9.17, 15) is 40.6 Å². The number of rotatable bonds is 6. The lowest BCUT2D eigenvalue weighted by Crippen LogP contribution is -2.38. The third-order valence-corrected chi connectivity index (χ3v) is 6.13. The molecule has 0 atom stereocenters. The van der Waals surface area contributed by atoms with Crippen molar-refractivity contribution in [2.75, 3.05) is 13.1 Å². The first-order chi connectivity index (χ1) is 17.7. The van der Waals surface area contributed by atoms with Crippen molar-refractivity contribution < 1.29 is 55.3 Å². The summed E-state index contributed by atoms with van der Waals surface area (Å²) in [6.07, 6.45) is -6.84. The predicted octanol–water partition coefficient (Wildman–Crippen LogP) is 6.10. The van der Waals surface area contributed by atoms with E-state index in [-0.39, 0.29) is 23.3 Å². The maximum Gasteiger partial charge on any atom is 0.490 e. The zero-order valence-corrected chi connectivity index (χ0v) is 19.8. The average Bonchev–Trinajstić information content (AvgIpc) is 3.65. The fraction of sp³-hybridized carbons (Fsp3) is 0.440. The van der Waals surface area contributed by atoms with Crippen LogP contribution in [-0.4, -0.2) is 52.4 Å². The SMILES string of the molecule is O=C(O)C(F)(F)F.O=C(O)c1cc(C2CC2)c(CN2CCC(Oc3ccccc3C(F)(F)F)CC2)cc1F. The highest BCUT2D eigenvalue weighted by atomic mass is 19.4. The standard InChI is InChI=1S/C23H23F4NO3.C2HF3O2/c24-20-11-15(17(14-5-6-14)12-18(20)22(29)30)13-28-9-7-16(8-10-28)31-21-4-2-1-3-19(21)23(25,26)27;3-2(4,5)1(6)7/h1-4,11-12,14,16H,5-10,13H2,(H,29,30);(H,6,7). The van der Waals surface area contributed by atoms with Gasteiger partial charge in [-0.05, 0) is 67.0 Å². The molecule has 0 spiro atoms. The van der Waals surface area contributed by atoms with Crippen LogP contribution in [0.5, 0.6) is 5.75 Å². The molecule has 2 aromatic carbocycles. The van der Waals surface area contributed by atoms with E-state index in [0.717, 1.165) is 30.0 Å². The Morgan fingerprint density at radius 2 is 1.53 bits per heavy atom. The zero-order chi connectivity index (χ0) is 28.3. The third kappa shape index (κ3) is 7.83. The average molecular weight is 551 g/mol. The van der Waals surface area contributed by atoms with Crippen molar-refractivity contribution in [3.8, 4) is 5.75 Å². The molecule has 1 heterocycles. The molecular formula is C25H24F7NO5. The Kier molecular flexibility index (Phi) is 8.90. The van der Waals surface area contributed by atoms with E-state index in [1.807, 2.05) is 0 Å². The molecule has 0 unspecified atom stereocenters. The largest absolute Gasteiger partial charge is 0.490 e. The summed E-state index contributed by atoms with van der Waals surface area (Å²) in [6.45, 7) is 1.69. The van der Waals surface area contributed by atoms with Crippen molar-refractivity contribution in [3.05, 3.63) is 64.5 Å². The lowest BCUT2D eigenvalue weighted by Gasteiger charge is -2.33. The van der Waals surface area contributed by atoms with Crippen LogP contribution in [0.15, 0.2) is 36.4 Å². The first-order valence-corrected chi connectivity index (χ1v) is 11.6. The van der Waals surface area contributed by atoms with Gasteiger partial charge < -0.3 is 14.9 Å². The van der Waals surface area contributed by atoms with E-state index >= 15 is 0 Å². The van der Waals surface area contributed by atoms with Crippen LogP contribution in [0.1, 0.15) is 58.6 Å². The molecule has 1 saturated carbocycles. The van der Waals surface area contributed by atoms with Crippen LogP contribution in [0.2, 0.25) is 0 Å². The van der Waals surface area contributed by atoms with Gasteiger partial charge >= 0.3 is 24.3 Å². The van der Waals surface area contributed by atoms with Crippen molar-refractivity contribution >= 4 is 11.9 Å². The van der Waals surface area contributed by atoms with Gasteiger partial charge in [-0.1, -0.05) is 12.1 Å². The number of piperidine rings is 1. The first kappa shape index (κ1) is 29.2. The van der Waals surface area contributed by atoms with Gasteiger partial charge in [0.25, 0.3) is 0 Å². The summed E-state index contributed by atoms with van der Waals surface area (Å²) in [4.78, 5) is 22.3.